The van der Waals surface area contributed by atoms with Crippen LogP contribution in [0.15, 0.2) is 120 Å². The zero-order valence-corrected chi connectivity index (χ0v) is 34.3. The molecule has 2 aliphatic heterocycles. The van der Waals surface area contributed by atoms with Gasteiger partial charge in [0.15, 0.2) is 0 Å². The average molecular weight is 825 g/mol. The van der Waals surface area contributed by atoms with Crippen LogP contribution in [0.25, 0.3) is 33.4 Å². The molecule has 4 aromatic carbocycles. The van der Waals surface area contributed by atoms with Gasteiger partial charge in [-0.2, -0.15) is 0 Å². The lowest BCUT2D eigenvalue weighted by Gasteiger charge is -2.31. The number of halogens is 1. The van der Waals surface area contributed by atoms with E-state index in [1.807, 2.05) is 97.9 Å². The number of hydrogen-bond donors (Lipinski definition) is 2. The number of likely N-dealkylation sites (tertiary alicyclic amines) is 2. The topological polar surface area (TPSA) is 137 Å². The summed E-state index contributed by atoms with van der Waals surface area (Å²) in [5, 5.41) is 7.43. The molecule has 0 aliphatic carbocycles. The molecule has 3 atom stereocenters. The van der Waals surface area contributed by atoms with Gasteiger partial charge in [0.1, 0.15) is 46.2 Å². The lowest BCUT2D eigenvalue weighted by atomic mass is 10.0. The highest BCUT2D eigenvalue weighted by Crippen LogP contribution is 2.34. The van der Waals surface area contributed by atoms with Crippen LogP contribution in [-0.2, 0) is 14.4 Å². The van der Waals surface area contributed by atoms with E-state index in [0.29, 0.717) is 71.8 Å². The van der Waals surface area contributed by atoms with E-state index in [1.165, 1.54) is 0 Å². The first-order valence-corrected chi connectivity index (χ1v) is 20.4. The first-order chi connectivity index (χ1) is 29.1. The third-order valence-electron chi connectivity index (χ3n) is 11.2. The summed E-state index contributed by atoms with van der Waals surface area (Å²) >= 11 is 6.33. The molecule has 0 bridgehead atoms. The molecular formula is C47H45ClN6O6. The van der Waals surface area contributed by atoms with Crippen molar-refractivity contribution in [2.24, 2.45) is 0 Å². The molecule has 0 radical (unpaired) electrons. The second kappa shape index (κ2) is 17.4. The van der Waals surface area contributed by atoms with Crippen LogP contribution in [0.4, 0.5) is 11.4 Å². The number of benzene rings is 4. The number of hydrogen-bond acceptors (Lipinski definition) is 8. The van der Waals surface area contributed by atoms with E-state index in [-0.39, 0.29) is 34.5 Å². The zero-order chi connectivity index (χ0) is 41.9. The lowest BCUT2D eigenvalue weighted by Crippen LogP contribution is -2.47. The van der Waals surface area contributed by atoms with Crippen molar-refractivity contribution in [3.05, 3.63) is 132 Å². The Hall–Kier alpha value is -6.50. The number of anilines is 2. The van der Waals surface area contributed by atoms with Gasteiger partial charge in [-0.25, -0.2) is 4.98 Å². The van der Waals surface area contributed by atoms with Crippen molar-refractivity contribution in [2.45, 2.75) is 43.8 Å². The Bertz CT molecular complexity index is 2540. The molecule has 6 aromatic rings. The molecule has 0 spiro atoms. The van der Waals surface area contributed by atoms with Gasteiger partial charge in [-0.1, -0.05) is 54.1 Å². The average Bonchev–Trinajstić information content (AvgIpc) is 4.06. The molecule has 2 fully saturated rings. The van der Waals surface area contributed by atoms with Crippen molar-refractivity contribution < 1.29 is 28.3 Å². The van der Waals surface area contributed by atoms with Crippen molar-refractivity contribution in [2.75, 3.05) is 44.9 Å². The summed E-state index contributed by atoms with van der Waals surface area (Å²) < 4.78 is 11.7. The minimum absolute atomic E-state index is 0.0830. The fourth-order valence-electron chi connectivity index (χ4n) is 8.27. The van der Waals surface area contributed by atoms with E-state index in [0.717, 1.165) is 23.1 Å². The summed E-state index contributed by atoms with van der Waals surface area (Å²) in [5.41, 5.74) is 3.92. The van der Waals surface area contributed by atoms with Gasteiger partial charge in [-0.05, 0) is 118 Å². The number of pyridine rings is 1. The van der Waals surface area contributed by atoms with E-state index in [1.54, 1.807) is 53.3 Å². The lowest BCUT2D eigenvalue weighted by molar-refractivity contribution is -0.140. The minimum atomic E-state index is -0.673. The molecule has 4 heterocycles. The largest absolute Gasteiger partial charge is 0.496 e. The van der Waals surface area contributed by atoms with Gasteiger partial charge in [0, 0.05) is 46.4 Å². The molecule has 0 saturated carbocycles. The third-order valence-corrected chi connectivity index (χ3v) is 11.4. The molecule has 60 heavy (non-hydrogen) atoms. The minimum Gasteiger partial charge on any atom is -0.496 e. The van der Waals surface area contributed by atoms with Crippen LogP contribution in [0.2, 0.25) is 5.15 Å². The van der Waals surface area contributed by atoms with Gasteiger partial charge < -0.3 is 29.6 Å². The van der Waals surface area contributed by atoms with E-state index >= 15 is 0 Å². The highest BCUT2D eigenvalue weighted by Gasteiger charge is 2.39. The maximum atomic E-state index is 13.8. The Morgan fingerprint density at radius 1 is 0.733 bits per heavy atom. The maximum Gasteiger partial charge on any atom is 0.273 e. The quantitative estimate of drug-likeness (QED) is 0.125. The number of furan rings is 1. The number of carbonyl (C=O) groups is 4. The molecule has 2 saturated heterocycles. The monoisotopic (exact) mass is 824 g/mol. The molecule has 2 aliphatic rings. The summed E-state index contributed by atoms with van der Waals surface area (Å²) in [4.78, 5) is 64.2. The van der Waals surface area contributed by atoms with Gasteiger partial charge in [-0.3, -0.25) is 24.1 Å². The number of ether oxygens (including phenoxy) is 1. The predicted octanol–water partition coefficient (Wildman–Crippen LogP) is 8.30. The number of aromatic nitrogens is 1. The molecule has 306 valence electrons. The van der Waals surface area contributed by atoms with Crippen LogP contribution < -0.4 is 15.4 Å². The van der Waals surface area contributed by atoms with Crippen LogP contribution in [0.5, 0.6) is 5.75 Å². The molecule has 2 N–H and O–H groups in total. The Labute approximate surface area is 353 Å². The summed E-state index contributed by atoms with van der Waals surface area (Å²) in [6, 6.07) is 33.5. The Morgan fingerprint density at radius 2 is 1.30 bits per heavy atom. The standard InChI is InChI=1S/C47H45ClN6O6/c1-52(2)43(31-10-5-4-6-11-31)47(58)54-27-9-14-37(54)45(56)50-33-22-18-30(19-23-33)39-25-24-38(60-39)29-16-20-32(21-17-29)49-44(55)36-13-8-26-53(36)46(57)42-34-12-7-15-40(59-3)35(34)28-41(48)51-42/h4-7,10-12,15-25,28,36-37,43H,8-9,13-14,26-27H2,1-3H3,(H,49,55)(H,50,56). The fourth-order valence-corrected chi connectivity index (χ4v) is 8.46. The third kappa shape index (κ3) is 8.21. The molecule has 12 nitrogen and oxygen atoms in total. The Kier molecular flexibility index (Phi) is 11.7. The summed E-state index contributed by atoms with van der Waals surface area (Å²) in [5.74, 6) is 0.927. The van der Waals surface area contributed by atoms with Crippen LogP contribution in [0, 0.1) is 0 Å². The van der Waals surface area contributed by atoms with E-state index < -0.39 is 18.1 Å². The van der Waals surface area contributed by atoms with Crippen LogP contribution in [0.1, 0.15) is 47.8 Å². The molecular weight excluding hydrogens is 780 g/mol. The molecule has 4 amide bonds. The highest BCUT2D eigenvalue weighted by atomic mass is 35.5. The first kappa shape index (κ1) is 40.3. The van der Waals surface area contributed by atoms with Gasteiger partial charge in [-0.15, -0.1) is 0 Å². The second-order valence-corrected chi connectivity index (χ2v) is 15.7. The predicted molar refractivity (Wildman–Crippen MR) is 232 cm³/mol. The highest BCUT2D eigenvalue weighted by molar-refractivity contribution is 6.30. The van der Waals surface area contributed by atoms with Gasteiger partial charge >= 0.3 is 0 Å². The van der Waals surface area contributed by atoms with Crippen LogP contribution in [0.3, 0.4) is 0 Å². The molecule has 3 unspecified atom stereocenters. The number of methoxy groups -OCH3 is 1. The van der Waals surface area contributed by atoms with E-state index in [9.17, 15) is 19.2 Å². The number of nitrogens with one attached hydrogen (secondary N) is 2. The Balaban J connectivity index is 0.884. The van der Waals surface area contributed by atoms with Gasteiger partial charge in [0.25, 0.3) is 5.91 Å². The number of carbonyl (C=O) groups excluding carboxylic acids is 4. The van der Waals surface area contributed by atoms with Crippen molar-refractivity contribution in [1.82, 2.24) is 19.7 Å². The molecule has 8 rings (SSSR count). The van der Waals surface area contributed by atoms with Crippen molar-refractivity contribution in [3.8, 4) is 28.4 Å². The van der Waals surface area contributed by atoms with Crippen LogP contribution >= 0.6 is 11.6 Å². The number of likely N-dealkylation sites (N-methyl/N-ethyl adjacent to an activating group) is 1. The first-order valence-electron chi connectivity index (χ1n) is 20.0. The molecule has 13 heteroatoms. The zero-order valence-electron chi connectivity index (χ0n) is 33.6. The van der Waals surface area contributed by atoms with Crippen molar-refractivity contribution in [3.63, 3.8) is 0 Å². The van der Waals surface area contributed by atoms with Crippen molar-refractivity contribution in [1.29, 1.82) is 0 Å². The number of rotatable bonds is 11. The molecule has 2 aromatic heterocycles. The van der Waals surface area contributed by atoms with Crippen LogP contribution in [-0.4, -0.2) is 89.7 Å². The summed E-state index contributed by atoms with van der Waals surface area (Å²) in [7, 11) is 5.31. The second-order valence-electron chi connectivity index (χ2n) is 15.3. The number of amides is 4. The van der Waals surface area contributed by atoms with Gasteiger partial charge in [0.05, 0.1) is 7.11 Å². The number of fused-ring (bicyclic) bond motifs is 1. The smallest absolute Gasteiger partial charge is 0.273 e. The van der Waals surface area contributed by atoms with Crippen molar-refractivity contribution >= 4 is 57.4 Å². The number of nitrogens with zero attached hydrogens (tertiary/aromatic N) is 4. The maximum absolute atomic E-state index is 13.8. The summed E-state index contributed by atoms with van der Waals surface area (Å²) in [6.07, 6.45) is 2.56. The normalized spacial score (nSPS) is 16.9. The van der Waals surface area contributed by atoms with E-state index in [2.05, 4.69) is 15.6 Å². The van der Waals surface area contributed by atoms with E-state index in [4.69, 9.17) is 20.8 Å². The fraction of sp³-hybridized carbons (Fsp3) is 0.255. The Morgan fingerprint density at radius 3 is 1.87 bits per heavy atom. The SMILES string of the molecule is COc1cccc2c(C(=O)N3CCCC3C(=O)Nc3ccc(-c4ccc(-c5ccc(NC(=O)C6CCCN6C(=O)C(c6ccccc6)N(C)C)cc5)o4)cc3)nc(Cl)cc12. The summed E-state index contributed by atoms with van der Waals surface area (Å²) in [6.45, 7) is 0.952. The van der Waals surface area contributed by atoms with Gasteiger partial charge in [0.2, 0.25) is 17.7 Å².